The highest BCUT2D eigenvalue weighted by atomic mass is 16.5. The van der Waals surface area contributed by atoms with Gasteiger partial charge in [-0.1, -0.05) is 19.9 Å². The fourth-order valence-electron chi connectivity index (χ4n) is 6.35. The molecule has 1 unspecified atom stereocenters. The highest BCUT2D eigenvalue weighted by molar-refractivity contribution is 5.77. The average molecular weight is 423 g/mol. The average Bonchev–Trinajstić information content (AvgIpc) is 2.68. The zero-order valence-corrected chi connectivity index (χ0v) is 18.5. The molecule has 0 aromatic rings. The number of ether oxygens (including phenoxy) is 2. The lowest BCUT2D eigenvalue weighted by Gasteiger charge is -2.61. The number of esters is 2. The molecule has 30 heavy (non-hydrogen) atoms. The van der Waals surface area contributed by atoms with Crippen LogP contribution in [-0.2, 0) is 19.1 Å². The van der Waals surface area contributed by atoms with E-state index in [1.165, 1.54) is 14.0 Å². The smallest absolute Gasteiger partial charge is 0.311 e. The lowest BCUT2D eigenvalue weighted by Crippen LogP contribution is -2.63. The molecule has 0 bridgehead atoms. The van der Waals surface area contributed by atoms with E-state index in [1.54, 1.807) is 13.0 Å². The maximum atomic E-state index is 12.8. The van der Waals surface area contributed by atoms with Crippen molar-refractivity contribution in [1.82, 2.24) is 0 Å². The van der Waals surface area contributed by atoms with E-state index in [-0.39, 0.29) is 12.8 Å². The predicted octanol–water partition coefficient (Wildman–Crippen LogP) is 1.89. The number of aliphatic hydroxyl groups is 3. The maximum absolute atomic E-state index is 12.8. The number of hydrogen-bond donors (Lipinski definition) is 3. The van der Waals surface area contributed by atoms with Gasteiger partial charge < -0.3 is 24.8 Å². The van der Waals surface area contributed by atoms with Gasteiger partial charge in [0.05, 0.1) is 30.8 Å². The van der Waals surface area contributed by atoms with E-state index in [4.69, 9.17) is 9.47 Å². The largest absolute Gasteiger partial charge is 0.469 e. The third-order valence-electron chi connectivity index (χ3n) is 8.12. The second kappa shape index (κ2) is 7.46. The Balaban J connectivity index is 2.28. The molecule has 3 N–H and O–H groups in total. The summed E-state index contributed by atoms with van der Waals surface area (Å²) in [5.41, 5.74) is -1.80. The Bertz CT molecular complexity index is 788. The third kappa shape index (κ3) is 3.05. The molecule has 0 radical (unpaired) electrons. The molecule has 3 rings (SSSR count). The van der Waals surface area contributed by atoms with Crippen molar-refractivity contribution in [1.29, 1.82) is 0 Å². The molecule has 0 amide bonds. The van der Waals surface area contributed by atoms with Crippen molar-refractivity contribution in [2.75, 3.05) is 7.11 Å². The van der Waals surface area contributed by atoms with Gasteiger partial charge in [-0.15, -0.1) is 6.58 Å². The molecule has 3 aliphatic carbocycles. The third-order valence-corrected chi connectivity index (χ3v) is 8.12. The standard InChI is InChI=1S/C23H34O7/c1-7-21(3)11-13(25)18-17(19(21)27)14(30-12(2)24)10-15-22(4,20(28)29-6)9-8-16(26)23(15,18)5/h7,13-16,19,25-27H,1,8-11H2,2-6H3/t13-,14-,15?,16+,19-,21+,22-,23-/m1/s1. The van der Waals surface area contributed by atoms with E-state index in [9.17, 15) is 24.9 Å². The SMILES string of the molecule is C=C[C@@]1(C)C[C@@H](O)C2=C([C@H]1O)[C@H](OC(C)=O)CC1[C@](C)(C(=O)OC)CC[C@H](O)[C@]21C. The molecular formula is C23H34O7. The van der Waals surface area contributed by atoms with Crippen LogP contribution in [-0.4, -0.2) is 58.8 Å². The summed E-state index contributed by atoms with van der Waals surface area (Å²) in [6, 6.07) is 0. The summed E-state index contributed by atoms with van der Waals surface area (Å²) in [5.74, 6) is -1.35. The lowest BCUT2D eigenvalue weighted by molar-refractivity contribution is -0.179. The maximum Gasteiger partial charge on any atom is 0.311 e. The number of hydrogen-bond acceptors (Lipinski definition) is 7. The topological polar surface area (TPSA) is 113 Å². The Morgan fingerprint density at radius 2 is 1.83 bits per heavy atom. The van der Waals surface area contributed by atoms with Crippen molar-refractivity contribution >= 4 is 11.9 Å². The van der Waals surface area contributed by atoms with Gasteiger partial charge in [0.25, 0.3) is 0 Å². The molecular weight excluding hydrogens is 388 g/mol. The van der Waals surface area contributed by atoms with Crippen LogP contribution < -0.4 is 0 Å². The number of methoxy groups -OCH3 is 1. The number of aliphatic hydroxyl groups excluding tert-OH is 3. The first-order valence-corrected chi connectivity index (χ1v) is 10.5. The Morgan fingerprint density at radius 3 is 2.37 bits per heavy atom. The molecule has 8 atom stereocenters. The quantitative estimate of drug-likeness (QED) is 0.470. The van der Waals surface area contributed by atoms with Crippen molar-refractivity contribution in [3.63, 3.8) is 0 Å². The molecule has 0 spiro atoms. The highest BCUT2D eigenvalue weighted by Crippen LogP contribution is 2.63. The van der Waals surface area contributed by atoms with Crippen molar-refractivity contribution in [3.8, 4) is 0 Å². The van der Waals surface area contributed by atoms with Crippen molar-refractivity contribution in [2.24, 2.45) is 22.2 Å². The van der Waals surface area contributed by atoms with E-state index < -0.39 is 58.5 Å². The van der Waals surface area contributed by atoms with Crippen LogP contribution in [0.3, 0.4) is 0 Å². The van der Waals surface area contributed by atoms with Crippen molar-refractivity contribution < 1.29 is 34.4 Å². The molecule has 1 fully saturated rings. The van der Waals surface area contributed by atoms with Gasteiger partial charge in [-0.2, -0.15) is 0 Å². The van der Waals surface area contributed by atoms with Crippen LogP contribution in [0.15, 0.2) is 23.8 Å². The predicted molar refractivity (Wildman–Crippen MR) is 109 cm³/mol. The minimum atomic E-state index is -1.03. The lowest BCUT2D eigenvalue weighted by atomic mass is 9.45. The van der Waals surface area contributed by atoms with E-state index in [0.717, 1.165) is 0 Å². The number of fused-ring (bicyclic) bond motifs is 2. The van der Waals surface area contributed by atoms with Gasteiger partial charge in [0.2, 0.25) is 0 Å². The first-order chi connectivity index (χ1) is 13.9. The summed E-state index contributed by atoms with van der Waals surface area (Å²) in [5, 5.41) is 33.7. The fourth-order valence-corrected chi connectivity index (χ4v) is 6.35. The Labute approximate surface area is 177 Å². The van der Waals surface area contributed by atoms with Gasteiger partial charge in [0.15, 0.2) is 0 Å². The summed E-state index contributed by atoms with van der Waals surface area (Å²) < 4.78 is 10.7. The Kier molecular flexibility index (Phi) is 5.72. The molecule has 0 saturated heterocycles. The van der Waals surface area contributed by atoms with E-state index >= 15 is 0 Å². The highest BCUT2D eigenvalue weighted by Gasteiger charge is 2.65. The molecule has 0 aromatic heterocycles. The summed E-state index contributed by atoms with van der Waals surface area (Å²) in [4.78, 5) is 24.7. The van der Waals surface area contributed by atoms with Crippen LogP contribution in [0.5, 0.6) is 0 Å². The van der Waals surface area contributed by atoms with E-state index in [1.807, 2.05) is 13.8 Å². The fraction of sp³-hybridized carbons (Fsp3) is 0.739. The van der Waals surface area contributed by atoms with Crippen molar-refractivity contribution in [2.45, 2.75) is 77.8 Å². The van der Waals surface area contributed by atoms with Crippen LogP contribution in [0.2, 0.25) is 0 Å². The monoisotopic (exact) mass is 422 g/mol. The summed E-state index contributed by atoms with van der Waals surface area (Å²) in [7, 11) is 1.34. The molecule has 0 heterocycles. The normalized spacial score (nSPS) is 45.8. The molecule has 7 heteroatoms. The number of carbonyl (C=O) groups is 2. The second-order valence-corrected chi connectivity index (χ2v) is 9.83. The van der Waals surface area contributed by atoms with Gasteiger partial charge in [-0.3, -0.25) is 9.59 Å². The zero-order chi connectivity index (χ0) is 22.6. The Morgan fingerprint density at radius 1 is 1.20 bits per heavy atom. The van der Waals surface area contributed by atoms with E-state index in [2.05, 4.69) is 6.58 Å². The molecule has 0 aromatic carbocycles. The van der Waals surface area contributed by atoms with Crippen LogP contribution >= 0.6 is 0 Å². The molecule has 0 aliphatic heterocycles. The molecule has 168 valence electrons. The van der Waals surface area contributed by atoms with Crippen molar-refractivity contribution in [3.05, 3.63) is 23.8 Å². The van der Waals surface area contributed by atoms with Gasteiger partial charge in [-0.25, -0.2) is 0 Å². The number of carbonyl (C=O) groups excluding carboxylic acids is 2. The van der Waals surface area contributed by atoms with Crippen LogP contribution in [0.25, 0.3) is 0 Å². The molecule has 1 saturated carbocycles. The first-order valence-electron chi connectivity index (χ1n) is 10.5. The van der Waals surface area contributed by atoms with E-state index in [0.29, 0.717) is 24.0 Å². The van der Waals surface area contributed by atoms with Gasteiger partial charge in [-0.05, 0) is 44.1 Å². The second-order valence-electron chi connectivity index (χ2n) is 9.83. The molecule has 3 aliphatic rings. The van der Waals surface area contributed by atoms with Gasteiger partial charge in [0, 0.05) is 23.3 Å². The number of rotatable bonds is 3. The van der Waals surface area contributed by atoms with Crippen LogP contribution in [0, 0.1) is 22.2 Å². The summed E-state index contributed by atoms with van der Waals surface area (Å²) in [6.07, 6.45) is -0.801. The van der Waals surface area contributed by atoms with Gasteiger partial charge in [0.1, 0.15) is 6.10 Å². The van der Waals surface area contributed by atoms with Crippen LogP contribution in [0.4, 0.5) is 0 Å². The minimum absolute atomic E-state index is 0.216. The minimum Gasteiger partial charge on any atom is -0.469 e. The van der Waals surface area contributed by atoms with Crippen LogP contribution in [0.1, 0.15) is 53.4 Å². The zero-order valence-electron chi connectivity index (χ0n) is 18.5. The Hall–Kier alpha value is -1.70. The molecule has 7 nitrogen and oxygen atoms in total. The summed E-state index contributed by atoms with van der Waals surface area (Å²) in [6.45, 7) is 10.6. The first kappa shape index (κ1) is 23.0. The summed E-state index contributed by atoms with van der Waals surface area (Å²) >= 11 is 0. The van der Waals surface area contributed by atoms with Gasteiger partial charge >= 0.3 is 11.9 Å².